The molecule has 4 rings (SSSR count). The predicted molar refractivity (Wildman–Crippen MR) is 155 cm³/mol. The summed E-state index contributed by atoms with van der Waals surface area (Å²) in [5.74, 6) is -0.123. The molecule has 0 saturated heterocycles. The summed E-state index contributed by atoms with van der Waals surface area (Å²) in [5, 5.41) is 13.1. The standard InChI is InChI=1S/C30H31F3N6O6/c1-43-23-9-8-22(26(16-23)44-2)18-35-28(41)21-10-13-38(27(40)15-21)11-3-4-12-39-19-25(36-37-39)29(42)34-17-20-6-5-7-24(14-20)45-30(31,32)33/h5-10,13-16,19H,3-4,11-12,17-18H2,1-2H3,(H,34,42)(H,35,41). The number of benzene rings is 2. The van der Waals surface area contributed by atoms with Crippen LogP contribution in [0.2, 0.25) is 0 Å². The molecule has 2 heterocycles. The van der Waals surface area contributed by atoms with Crippen molar-refractivity contribution in [2.45, 2.75) is 45.4 Å². The van der Waals surface area contributed by atoms with E-state index < -0.39 is 18.2 Å². The van der Waals surface area contributed by atoms with Crippen molar-refractivity contribution >= 4 is 11.8 Å². The topological polar surface area (TPSA) is 139 Å². The highest BCUT2D eigenvalue weighted by Crippen LogP contribution is 2.25. The van der Waals surface area contributed by atoms with Crippen molar-refractivity contribution in [1.82, 2.24) is 30.2 Å². The average Bonchev–Trinajstić information content (AvgIpc) is 3.49. The molecule has 0 aliphatic carbocycles. The van der Waals surface area contributed by atoms with Gasteiger partial charge in [-0.15, -0.1) is 18.3 Å². The Morgan fingerprint density at radius 1 is 0.889 bits per heavy atom. The Morgan fingerprint density at radius 2 is 1.67 bits per heavy atom. The number of aryl methyl sites for hydroxylation is 2. The number of nitrogens with one attached hydrogen (secondary N) is 2. The molecule has 0 atom stereocenters. The molecule has 0 radical (unpaired) electrons. The lowest BCUT2D eigenvalue weighted by Crippen LogP contribution is -2.26. The molecule has 0 unspecified atom stereocenters. The Bertz CT molecular complexity index is 1690. The summed E-state index contributed by atoms with van der Waals surface area (Å²) in [4.78, 5) is 37.7. The first-order valence-corrected chi connectivity index (χ1v) is 13.8. The number of unbranched alkanes of at least 4 members (excludes halogenated alkanes) is 1. The van der Waals surface area contributed by atoms with E-state index in [1.165, 1.54) is 46.8 Å². The van der Waals surface area contributed by atoms with E-state index in [1.807, 2.05) is 0 Å². The summed E-state index contributed by atoms with van der Waals surface area (Å²) < 4.78 is 54.7. The van der Waals surface area contributed by atoms with Gasteiger partial charge >= 0.3 is 6.36 Å². The van der Waals surface area contributed by atoms with Gasteiger partial charge < -0.3 is 29.4 Å². The van der Waals surface area contributed by atoms with Gasteiger partial charge in [0.25, 0.3) is 17.4 Å². The second-order valence-electron chi connectivity index (χ2n) is 9.76. The zero-order chi connectivity index (χ0) is 32.4. The number of rotatable bonds is 14. The number of halogens is 3. The highest BCUT2D eigenvalue weighted by Gasteiger charge is 2.31. The highest BCUT2D eigenvalue weighted by atomic mass is 19.4. The van der Waals surface area contributed by atoms with Gasteiger partial charge in [-0.3, -0.25) is 19.1 Å². The van der Waals surface area contributed by atoms with E-state index >= 15 is 0 Å². The molecule has 2 aromatic heterocycles. The van der Waals surface area contributed by atoms with Crippen LogP contribution in [0, 0.1) is 0 Å². The third kappa shape index (κ3) is 9.58. The molecule has 2 amide bonds. The molecule has 0 saturated carbocycles. The predicted octanol–water partition coefficient (Wildman–Crippen LogP) is 3.70. The van der Waals surface area contributed by atoms with Crippen LogP contribution in [0.25, 0.3) is 0 Å². The molecule has 4 aromatic rings. The fraction of sp³-hybridized carbons (Fsp3) is 0.300. The molecule has 238 valence electrons. The molecule has 0 aliphatic rings. The van der Waals surface area contributed by atoms with Gasteiger partial charge in [-0.1, -0.05) is 17.3 Å². The molecule has 0 aliphatic heterocycles. The van der Waals surface area contributed by atoms with Crippen molar-refractivity contribution in [1.29, 1.82) is 0 Å². The Kier molecular flexibility index (Phi) is 10.8. The van der Waals surface area contributed by atoms with Crippen molar-refractivity contribution in [3.63, 3.8) is 0 Å². The average molecular weight is 629 g/mol. The Hall–Kier alpha value is -5.34. The maximum atomic E-state index is 12.6. The second kappa shape index (κ2) is 14.9. The molecule has 12 nitrogen and oxygen atoms in total. The van der Waals surface area contributed by atoms with Gasteiger partial charge in [0.1, 0.15) is 17.2 Å². The third-order valence-electron chi connectivity index (χ3n) is 6.58. The van der Waals surface area contributed by atoms with Crippen LogP contribution >= 0.6 is 0 Å². The highest BCUT2D eigenvalue weighted by molar-refractivity contribution is 5.94. The van der Waals surface area contributed by atoms with Crippen LogP contribution in [-0.4, -0.2) is 52.0 Å². The molecular weight excluding hydrogens is 597 g/mol. The minimum Gasteiger partial charge on any atom is -0.497 e. The molecule has 0 bridgehead atoms. The number of carbonyl (C=O) groups is 2. The smallest absolute Gasteiger partial charge is 0.497 e. The zero-order valence-electron chi connectivity index (χ0n) is 24.5. The fourth-order valence-electron chi connectivity index (χ4n) is 4.30. The van der Waals surface area contributed by atoms with E-state index in [0.29, 0.717) is 43.0 Å². The van der Waals surface area contributed by atoms with E-state index in [9.17, 15) is 27.6 Å². The molecular formula is C30H31F3N6O6. The van der Waals surface area contributed by atoms with Gasteiger partial charge in [-0.05, 0) is 48.7 Å². The molecule has 45 heavy (non-hydrogen) atoms. The van der Waals surface area contributed by atoms with Crippen molar-refractivity contribution in [3.8, 4) is 17.2 Å². The van der Waals surface area contributed by atoms with Crippen LogP contribution < -0.4 is 30.4 Å². The number of aromatic nitrogens is 4. The maximum Gasteiger partial charge on any atom is 0.573 e. The number of methoxy groups -OCH3 is 2. The SMILES string of the molecule is COc1ccc(CNC(=O)c2ccn(CCCCn3cc(C(=O)NCc4cccc(OC(F)(F)F)c4)nn3)c(=O)c2)c(OC)c1. The summed E-state index contributed by atoms with van der Waals surface area (Å²) in [6, 6.07) is 13.4. The number of hydrogen-bond acceptors (Lipinski definition) is 8. The van der Waals surface area contributed by atoms with E-state index in [2.05, 4.69) is 25.7 Å². The van der Waals surface area contributed by atoms with Crippen LogP contribution in [0.3, 0.4) is 0 Å². The van der Waals surface area contributed by atoms with E-state index in [4.69, 9.17) is 9.47 Å². The number of alkyl halides is 3. The maximum absolute atomic E-state index is 12.6. The summed E-state index contributed by atoms with van der Waals surface area (Å²) in [7, 11) is 3.07. The Labute approximate surface area is 255 Å². The van der Waals surface area contributed by atoms with E-state index in [0.717, 1.165) is 5.56 Å². The van der Waals surface area contributed by atoms with Gasteiger partial charge in [-0.25, -0.2) is 0 Å². The van der Waals surface area contributed by atoms with E-state index in [1.54, 1.807) is 43.6 Å². The van der Waals surface area contributed by atoms with Crippen LogP contribution in [0.1, 0.15) is 44.8 Å². The minimum absolute atomic E-state index is 0.0344. The van der Waals surface area contributed by atoms with Crippen molar-refractivity contribution in [2.75, 3.05) is 14.2 Å². The largest absolute Gasteiger partial charge is 0.573 e. The Morgan fingerprint density at radius 3 is 2.40 bits per heavy atom. The number of pyridine rings is 1. The van der Waals surface area contributed by atoms with Gasteiger partial charge in [0.2, 0.25) is 0 Å². The van der Waals surface area contributed by atoms with Crippen LogP contribution in [0.15, 0.2) is 71.8 Å². The third-order valence-corrected chi connectivity index (χ3v) is 6.58. The molecule has 0 spiro atoms. The van der Waals surface area contributed by atoms with Crippen LogP contribution in [-0.2, 0) is 26.2 Å². The number of nitrogens with zero attached hydrogens (tertiary/aromatic N) is 4. The molecule has 15 heteroatoms. The number of amides is 2. The van der Waals surface area contributed by atoms with Crippen LogP contribution in [0.4, 0.5) is 13.2 Å². The summed E-state index contributed by atoms with van der Waals surface area (Å²) >= 11 is 0. The molecule has 2 N–H and O–H groups in total. The van der Waals surface area contributed by atoms with Crippen molar-refractivity contribution in [2.24, 2.45) is 0 Å². The summed E-state index contributed by atoms with van der Waals surface area (Å²) in [6.07, 6.45) is -0.559. The normalized spacial score (nSPS) is 11.1. The van der Waals surface area contributed by atoms with Crippen molar-refractivity contribution in [3.05, 3.63) is 99.7 Å². The number of ether oxygens (including phenoxy) is 3. The van der Waals surface area contributed by atoms with Gasteiger partial charge in [0, 0.05) is 55.6 Å². The van der Waals surface area contributed by atoms with Gasteiger partial charge in [-0.2, -0.15) is 0 Å². The summed E-state index contributed by atoms with van der Waals surface area (Å²) in [6.45, 7) is 1.01. The monoisotopic (exact) mass is 628 g/mol. The summed E-state index contributed by atoms with van der Waals surface area (Å²) in [5.41, 5.74) is 1.13. The first-order valence-electron chi connectivity index (χ1n) is 13.8. The Balaban J connectivity index is 1.21. The number of hydrogen-bond donors (Lipinski definition) is 2. The second-order valence-corrected chi connectivity index (χ2v) is 9.76. The lowest BCUT2D eigenvalue weighted by Gasteiger charge is -2.12. The fourth-order valence-corrected chi connectivity index (χ4v) is 4.30. The number of carbonyl (C=O) groups excluding carboxylic acids is 2. The lowest BCUT2D eigenvalue weighted by molar-refractivity contribution is -0.274. The van der Waals surface area contributed by atoms with Gasteiger partial charge in [0.15, 0.2) is 5.69 Å². The first kappa shape index (κ1) is 32.6. The first-order chi connectivity index (χ1) is 21.5. The van der Waals surface area contributed by atoms with Crippen LogP contribution in [0.5, 0.6) is 17.2 Å². The van der Waals surface area contributed by atoms with Gasteiger partial charge in [0.05, 0.1) is 20.4 Å². The minimum atomic E-state index is -4.81. The molecule has 0 fully saturated rings. The quantitative estimate of drug-likeness (QED) is 0.202. The molecule has 2 aromatic carbocycles. The van der Waals surface area contributed by atoms with E-state index in [-0.39, 0.29) is 35.7 Å². The van der Waals surface area contributed by atoms with Crippen molar-refractivity contribution < 1.29 is 37.0 Å². The lowest BCUT2D eigenvalue weighted by atomic mass is 10.1. The zero-order valence-corrected chi connectivity index (χ0v) is 24.5.